The Morgan fingerprint density at radius 1 is 1.24 bits per heavy atom. The molecule has 0 unspecified atom stereocenters. The zero-order chi connectivity index (χ0) is 15.0. The number of halogens is 2. The van der Waals surface area contributed by atoms with Crippen LogP contribution in [0, 0.1) is 5.82 Å². The Hall–Kier alpha value is -2.27. The highest BCUT2D eigenvalue weighted by Gasteiger charge is 2.24. The van der Waals surface area contributed by atoms with Crippen LogP contribution in [0.5, 0.6) is 0 Å². The molecule has 0 fully saturated rings. The lowest BCUT2D eigenvalue weighted by Crippen LogP contribution is -2.21. The highest BCUT2D eigenvalue weighted by Crippen LogP contribution is 2.37. The van der Waals surface area contributed by atoms with Crippen LogP contribution >= 0.6 is 11.6 Å². The molecule has 0 atom stereocenters. The first-order chi connectivity index (χ1) is 10.1. The molecule has 6 heteroatoms. The minimum absolute atomic E-state index is 0.0302. The summed E-state index contributed by atoms with van der Waals surface area (Å²) in [4.78, 5) is 1.95. The summed E-state index contributed by atoms with van der Waals surface area (Å²) in [5, 5.41) is 12.5. The number of nitrogens with two attached hydrogens (primary N) is 1. The van der Waals surface area contributed by atoms with E-state index in [1.165, 1.54) is 12.1 Å². The fraction of sp³-hybridized carbons (Fsp3) is 0.133. The van der Waals surface area contributed by atoms with E-state index in [-0.39, 0.29) is 11.7 Å². The molecular weight excluding hydrogens is 293 g/mol. The molecule has 0 amide bonds. The summed E-state index contributed by atoms with van der Waals surface area (Å²) in [6, 6.07) is 9.87. The molecule has 0 saturated heterocycles. The second kappa shape index (κ2) is 5.26. The Morgan fingerprint density at radius 3 is 2.81 bits per heavy atom. The first-order valence-electron chi connectivity index (χ1n) is 6.43. The average Bonchev–Trinajstić information content (AvgIpc) is 2.89. The molecule has 2 aromatic carbocycles. The van der Waals surface area contributed by atoms with Crippen molar-refractivity contribution >= 4 is 28.8 Å². The van der Waals surface area contributed by atoms with Gasteiger partial charge >= 0.3 is 0 Å². The molecule has 3 rings (SSSR count). The molecule has 4 nitrogen and oxygen atoms in total. The highest BCUT2D eigenvalue weighted by molar-refractivity contribution is 6.31. The predicted molar refractivity (Wildman–Crippen MR) is 81.1 cm³/mol. The molecule has 0 spiro atoms. The normalized spacial score (nSPS) is 14.4. The van der Waals surface area contributed by atoms with E-state index in [1.54, 1.807) is 24.3 Å². The van der Waals surface area contributed by atoms with Gasteiger partial charge in [0.1, 0.15) is 5.82 Å². The van der Waals surface area contributed by atoms with Gasteiger partial charge in [-0.05, 0) is 42.3 Å². The first-order valence-corrected chi connectivity index (χ1v) is 6.81. The van der Waals surface area contributed by atoms with E-state index in [2.05, 4.69) is 5.16 Å². The van der Waals surface area contributed by atoms with Gasteiger partial charge in [0.25, 0.3) is 0 Å². The quantitative estimate of drug-likeness (QED) is 0.387. The molecule has 1 heterocycles. The molecular formula is C15H13ClFN3O. The second-order valence-corrected chi connectivity index (χ2v) is 5.26. The second-order valence-electron chi connectivity index (χ2n) is 4.82. The number of amidine groups is 1. The number of rotatable bonds is 2. The summed E-state index contributed by atoms with van der Waals surface area (Å²) in [7, 11) is 0. The van der Waals surface area contributed by atoms with E-state index in [1.807, 2.05) is 4.90 Å². The first kappa shape index (κ1) is 13.7. The molecule has 21 heavy (non-hydrogen) atoms. The lowest BCUT2D eigenvalue weighted by atomic mass is 10.1. The number of hydrogen-bond donors (Lipinski definition) is 2. The van der Waals surface area contributed by atoms with Crippen LogP contribution in [0.2, 0.25) is 5.02 Å². The van der Waals surface area contributed by atoms with Crippen LogP contribution in [0.1, 0.15) is 11.1 Å². The SMILES string of the molecule is N/C(=N/O)c1cc(Cl)ccc1N1CCc2ccc(F)cc21. The highest BCUT2D eigenvalue weighted by atomic mass is 35.5. The van der Waals surface area contributed by atoms with Crippen molar-refractivity contribution in [3.63, 3.8) is 0 Å². The van der Waals surface area contributed by atoms with E-state index in [4.69, 9.17) is 22.5 Å². The standard InChI is InChI=1S/C15H13ClFN3O/c16-10-2-4-13(12(7-10)15(18)19-21)20-6-5-9-1-3-11(17)8-14(9)20/h1-4,7-8,21H,5-6H2,(H2,18,19). The fourth-order valence-electron chi connectivity index (χ4n) is 2.61. The molecule has 0 aromatic heterocycles. The van der Waals surface area contributed by atoms with Crippen molar-refractivity contribution in [3.8, 4) is 0 Å². The summed E-state index contributed by atoms with van der Waals surface area (Å²) in [5.41, 5.74) is 8.84. The maximum absolute atomic E-state index is 13.5. The number of hydrogen-bond acceptors (Lipinski definition) is 3. The number of anilines is 2. The summed E-state index contributed by atoms with van der Waals surface area (Å²) >= 11 is 5.98. The lowest BCUT2D eigenvalue weighted by Gasteiger charge is -2.22. The molecule has 0 radical (unpaired) electrons. The summed E-state index contributed by atoms with van der Waals surface area (Å²) in [6.45, 7) is 0.701. The van der Waals surface area contributed by atoms with E-state index in [0.717, 1.165) is 23.4 Å². The molecule has 108 valence electrons. The zero-order valence-electron chi connectivity index (χ0n) is 11.1. The van der Waals surface area contributed by atoms with Crippen molar-refractivity contribution in [2.24, 2.45) is 10.9 Å². The predicted octanol–water partition coefficient (Wildman–Crippen LogP) is 3.27. The van der Waals surface area contributed by atoms with Crippen molar-refractivity contribution in [3.05, 3.63) is 58.4 Å². The van der Waals surface area contributed by atoms with Crippen molar-refractivity contribution in [1.82, 2.24) is 0 Å². The smallest absolute Gasteiger partial charge is 0.172 e. The maximum atomic E-state index is 13.5. The summed E-state index contributed by atoms with van der Waals surface area (Å²) < 4.78 is 13.5. The minimum Gasteiger partial charge on any atom is -0.409 e. The van der Waals surface area contributed by atoms with Crippen LogP contribution in [0.25, 0.3) is 0 Å². The van der Waals surface area contributed by atoms with Gasteiger partial charge in [-0.1, -0.05) is 22.8 Å². The Balaban J connectivity index is 2.13. The van der Waals surface area contributed by atoms with Gasteiger partial charge in [-0.25, -0.2) is 4.39 Å². The van der Waals surface area contributed by atoms with Crippen molar-refractivity contribution in [1.29, 1.82) is 0 Å². The fourth-order valence-corrected chi connectivity index (χ4v) is 2.78. The van der Waals surface area contributed by atoms with Crippen LogP contribution in [-0.4, -0.2) is 17.6 Å². The zero-order valence-corrected chi connectivity index (χ0v) is 11.8. The van der Waals surface area contributed by atoms with E-state index in [9.17, 15) is 4.39 Å². The van der Waals surface area contributed by atoms with Gasteiger partial charge in [0.2, 0.25) is 0 Å². The summed E-state index contributed by atoms with van der Waals surface area (Å²) in [6.07, 6.45) is 0.813. The van der Waals surface area contributed by atoms with Gasteiger partial charge in [0, 0.05) is 22.8 Å². The molecule has 1 aliphatic heterocycles. The third kappa shape index (κ3) is 2.40. The van der Waals surface area contributed by atoms with Crippen LogP contribution in [-0.2, 0) is 6.42 Å². The third-order valence-corrected chi connectivity index (χ3v) is 3.81. The monoisotopic (exact) mass is 305 g/mol. The maximum Gasteiger partial charge on any atom is 0.172 e. The van der Waals surface area contributed by atoms with Gasteiger partial charge in [-0.2, -0.15) is 0 Å². The Kier molecular flexibility index (Phi) is 3.43. The molecule has 1 aliphatic rings. The average molecular weight is 306 g/mol. The third-order valence-electron chi connectivity index (χ3n) is 3.58. The van der Waals surface area contributed by atoms with Crippen LogP contribution in [0.4, 0.5) is 15.8 Å². The molecule has 3 N–H and O–H groups in total. The van der Waals surface area contributed by atoms with Crippen LogP contribution in [0.3, 0.4) is 0 Å². The van der Waals surface area contributed by atoms with Crippen LogP contribution in [0.15, 0.2) is 41.6 Å². The number of fused-ring (bicyclic) bond motifs is 1. The molecule has 2 aromatic rings. The van der Waals surface area contributed by atoms with Crippen molar-refractivity contribution < 1.29 is 9.60 Å². The lowest BCUT2D eigenvalue weighted by molar-refractivity contribution is 0.318. The van der Waals surface area contributed by atoms with Gasteiger partial charge in [0.05, 0.1) is 5.69 Å². The van der Waals surface area contributed by atoms with Gasteiger partial charge in [0.15, 0.2) is 5.84 Å². The molecule has 0 saturated carbocycles. The van der Waals surface area contributed by atoms with E-state index >= 15 is 0 Å². The topological polar surface area (TPSA) is 61.9 Å². The van der Waals surface area contributed by atoms with Crippen LogP contribution < -0.4 is 10.6 Å². The largest absolute Gasteiger partial charge is 0.409 e. The van der Waals surface area contributed by atoms with Gasteiger partial charge in [-0.3, -0.25) is 0 Å². The van der Waals surface area contributed by atoms with Gasteiger partial charge < -0.3 is 15.8 Å². The number of oxime groups is 1. The number of nitrogens with zero attached hydrogens (tertiary/aromatic N) is 2. The Bertz CT molecular complexity index is 733. The van der Waals surface area contributed by atoms with Crippen molar-refractivity contribution in [2.45, 2.75) is 6.42 Å². The van der Waals surface area contributed by atoms with E-state index in [0.29, 0.717) is 17.1 Å². The Labute approximate surface area is 126 Å². The van der Waals surface area contributed by atoms with Crippen molar-refractivity contribution in [2.75, 3.05) is 11.4 Å². The van der Waals surface area contributed by atoms with Gasteiger partial charge in [-0.15, -0.1) is 0 Å². The number of benzene rings is 2. The minimum atomic E-state index is -0.292. The molecule has 0 aliphatic carbocycles. The summed E-state index contributed by atoms with van der Waals surface area (Å²) in [5.74, 6) is -0.322. The Morgan fingerprint density at radius 2 is 2.05 bits per heavy atom. The molecule has 0 bridgehead atoms. The van der Waals surface area contributed by atoms with E-state index < -0.39 is 0 Å².